The third kappa shape index (κ3) is 13.7. The maximum Gasteiger partial charge on any atom is 0.337 e. The van der Waals surface area contributed by atoms with Crippen molar-refractivity contribution in [1.29, 1.82) is 0 Å². The molecule has 0 spiro atoms. The van der Waals surface area contributed by atoms with Gasteiger partial charge in [-0.25, -0.2) is 14.4 Å². The zero-order chi connectivity index (χ0) is 25.9. The fourth-order valence-corrected chi connectivity index (χ4v) is 2.29. The van der Waals surface area contributed by atoms with Gasteiger partial charge in [0.15, 0.2) is 0 Å². The van der Waals surface area contributed by atoms with Gasteiger partial charge in [-0.15, -0.1) is 0 Å². The van der Waals surface area contributed by atoms with Crippen molar-refractivity contribution in [3.05, 3.63) is 77.9 Å². The molecular formula is C26H35NO7. The molecule has 0 aromatic heterocycles. The smallest absolute Gasteiger partial charge is 0.337 e. The Labute approximate surface area is 201 Å². The van der Waals surface area contributed by atoms with Crippen LogP contribution < -0.4 is 4.90 Å². The van der Waals surface area contributed by atoms with E-state index < -0.39 is 11.9 Å². The third-order valence-corrected chi connectivity index (χ3v) is 4.09. The van der Waals surface area contributed by atoms with Crippen LogP contribution in [0.5, 0.6) is 0 Å². The van der Waals surface area contributed by atoms with Gasteiger partial charge in [0.25, 0.3) is 0 Å². The van der Waals surface area contributed by atoms with Gasteiger partial charge < -0.3 is 24.6 Å². The normalized spacial score (nSPS) is 9.41. The van der Waals surface area contributed by atoms with Gasteiger partial charge in [-0.3, -0.25) is 0 Å². The van der Waals surface area contributed by atoms with E-state index in [1.807, 2.05) is 20.2 Å². The van der Waals surface area contributed by atoms with Crippen LogP contribution in [0.3, 0.4) is 0 Å². The molecule has 0 heterocycles. The lowest BCUT2D eigenvalue weighted by Gasteiger charge is -2.14. The summed E-state index contributed by atoms with van der Waals surface area (Å²) >= 11 is 0. The minimum absolute atomic E-state index is 0.315. The molecule has 0 bridgehead atoms. The Hall–Kier alpha value is -3.65. The zero-order valence-corrected chi connectivity index (χ0v) is 20.3. The van der Waals surface area contributed by atoms with Gasteiger partial charge >= 0.3 is 17.9 Å². The van der Waals surface area contributed by atoms with E-state index >= 15 is 0 Å². The Bertz CT molecular complexity index is 895. The largest absolute Gasteiger partial charge is 0.478 e. The monoisotopic (exact) mass is 473 g/mol. The first kappa shape index (κ1) is 30.4. The van der Waals surface area contributed by atoms with Crippen molar-refractivity contribution in [3.63, 3.8) is 0 Å². The van der Waals surface area contributed by atoms with Crippen LogP contribution >= 0.6 is 0 Å². The molecule has 2 N–H and O–H groups in total. The number of hydrogen-bond acceptors (Lipinski definition) is 6. The fraction of sp³-hybridized carbons (Fsp3) is 0.346. The van der Waals surface area contributed by atoms with Gasteiger partial charge in [0.2, 0.25) is 0 Å². The molecule has 0 fully saturated rings. The third-order valence-electron chi connectivity index (χ3n) is 4.09. The number of carbonyl (C=O) groups excluding carboxylic acids is 1. The van der Waals surface area contributed by atoms with Crippen LogP contribution in [0, 0.1) is 0 Å². The zero-order valence-electron chi connectivity index (χ0n) is 20.3. The maximum atomic E-state index is 10.9. The van der Waals surface area contributed by atoms with Crippen LogP contribution in [0.2, 0.25) is 0 Å². The molecule has 0 aliphatic heterocycles. The summed E-state index contributed by atoms with van der Waals surface area (Å²) in [4.78, 5) is 33.5. The van der Waals surface area contributed by atoms with E-state index in [-0.39, 0.29) is 5.97 Å². The Morgan fingerprint density at radius 2 is 1.47 bits per heavy atom. The van der Waals surface area contributed by atoms with E-state index in [0.29, 0.717) is 29.9 Å². The molecule has 0 unspecified atom stereocenters. The molecular weight excluding hydrogens is 438 g/mol. The van der Waals surface area contributed by atoms with Crippen LogP contribution in [-0.4, -0.2) is 62.0 Å². The summed E-state index contributed by atoms with van der Waals surface area (Å²) in [7, 11) is 3.64. The summed E-state index contributed by atoms with van der Waals surface area (Å²) in [5.74, 6) is -2.12. The summed E-state index contributed by atoms with van der Waals surface area (Å²) in [5.41, 5.74) is 1.82. The fourth-order valence-electron chi connectivity index (χ4n) is 2.29. The second-order valence-electron chi connectivity index (χ2n) is 7.27. The van der Waals surface area contributed by atoms with Crippen molar-refractivity contribution in [2.45, 2.75) is 26.7 Å². The highest BCUT2D eigenvalue weighted by atomic mass is 16.6. The molecule has 0 aliphatic carbocycles. The van der Waals surface area contributed by atoms with Crippen molar-refractivity contribution in [3.8, 4) is 0 Å². The number of benzene rings is 2. The van der Waals surface area contributed by atoms with Gasteiger partial charge in [0.05, 0.1) is 23.4 Å². The lowest BCUT2D eigenvalue weighted by Crippen LogP contribution is -2.13. The van der Waals surface area contributed by atoms with Crippen LogP contribution in [0.25, 0.3) is 0 Å². The predicted octanol–water partition coefficient (Wildman–Crippen LogP) is 4.76. The molecule has 8 heteroatoms. The van der Waals surface area contributed by atoms with E-state index in [2.05, 4.69) is 13.5 Å². The molecule has 34 heavy (non-hydrogen) atoms. The molecule has 186 valence electrons. The molecule has 0 saturated carbocycles. The number of para-hydroxylation sites is 1. The first-order valence-electron chi connectivity index (χ1n) is 10.8. The average molecular weight is 474 g/mol. The highest BCUT2D eigenvalue weighted by Gasteiger charge is 2.09. The van der Waals surface area contributed by atoms with Crippen LogP contribution in [0.15, 0.2) is 66.7 Å². The molecule has 8 nitrogen and oxygen atoms in total. The average Bonchev–Trinajstić information content (AvgIpc) is 2.82. The molecule has 0 amide bonds. The van der Waals surface area contributed by atoms with Gasteiger partial charge in [0.1, 0.15) is 6.61 Å². The van der Waals surface area contributed by atoms with Crippen molar-refractivity contribution in [2.24, 2.45) is 0 Å². The quantitative estimate of drug-likeness (QED) is 0.289. The highest BCUT2D eigenvalue weighted by molar-refractivity contribution is 5.94. The van der Waals surface area contributed by atoms with Crippen molar-refractivity contribution in [2.75, 3.05) is 38.8 Å². The molecule has 2 aromatic carbocycles. The van der Waals surface area contributed by atoms with Gasteiger partial charge in [-0.1, -0.05) is 50.3 Å². The molecule has 2 rings (SSSR count). The van der Waals surface area contributed by atoms with Gasteiger partial charge in [-0.05, 0) is 37.6 Å². The standard InChI is InChI=1S/C10H18O3.C9H11NO2.C7H6O2/c1-4-5-6-12-7-8-13-10(11)9(2)3;1-10(2)8-6-4-3-5-7(8)9(11)12;8-7(9)6-4-2-1-3-5-6/h2,4-8H2,1,3H3;3-6H,1-2H3,(H,11,12);1-5H,(H,8,9). The number of carboxylic acid groups (broad SMARTS) is 2. The Morgan fingerprint density at radius 3 is 1.91 bits per heavy atom. The summed E-state index contributed by atoms with van der Waals surface area (Å²) in [6, 6.07) is 15.2. The van der Waals surface area contributed by atoms with E-state index in [9.17, 15) is 14.4 Å². The Morgan fingerprint density at radius 1 is 0.882 bits per heavy atom. The first-order chi connectivity index (χ1) is 16.1. The number of unbranched alkanes of at least 4 members (excludes halogenated alkanes) is 1. The number of ether oxygens (including phenoxy) is 2. The molecule has 2 aromatic rings. The van der Waals surface area contributed by atoms with E-state index in [0.717, 1.165) is 25.1 Å². The minimum atomic E-state index is -0.890. The minimum Gasteiger partial charge on any atom is -0.478 e. The number of esters is 1. The summed E-state index contributed by atoms with van der Waals surface area (Å²) in [5, 5.41) is 17.2. The van der Waals surface area contributed by atoms with Crippen molar-refractivity contribution < 1.29 is 34.1 Å². The second kappa shape index (κ2) is 17.9. The predicted molar refractivity (Wildman–Crippen MR) is 133 cm³/mol. The lowest BCUT2D eigenvalue weighted by atomic mass is 10.2. The van der Waals surface area contributed by atoms with Gasteiger partial charge in [0, 0.05) is 26.3 Å². The van der Waals surface area contributed by atoms with Crippen LogP contribution in [-0.2, 0) is 14.3 Å². The van der Waals surface area contributed by atoms with Crippen LogP contribution in [0.1, 0.15) is 47.4 Å². The Balaban J connectivity index is 0.000000487. The summed E-state index contributed by atoms with van der Waals surface area (Å²) in [6.07, 6.45) is 2.17. The van der Waals surface area contributed by atoms with Crippen LogP contribution in [0.4, 0.5) is 5.69 Å². The summed E-state index contributed by atoms with van der Waals surface area (Å²) < 4.78 is 10.0. The number of anilines is 1. The van der Waals surface area contributed by atoms with E-state index in [1.54, 1.807) is 60.4 Å². The number of rotatable bonds is 10. The molecule has 0 radical (unpaired) electrons. The molecule has 0 saturated heterocycles. The second-order valence-corrected chi connectivity index (χ2v) is 7.27. The van der Waals surface area contributed by atoms with Crippen molar-refractivity contribution in [1.82, 2.24) is 0 Å². The number of hydrogen-bond donors (Lipinski definition) is 2. The molecule has 0 atom stereocenters. The maximum absolute atomic E-state index is 10.9. The highest BCUT2D eigenvalue weighted by Crippen LogP contribution is 2.17. The number of aromatic carboxylic acids is 2. The number of nitrogens with zero attached hydrogens (tertiary/aromatic N) is 1. The lowest BCUT2D eigenvalue weighted by molar-refractivity contribution is -0.140. The number of carboxylic acids is 2. The SMILES string of the molecule is C=C(C)C(=O)OCCOCCCC.CN(C)c1ccccc1C(=O)O.O=C(O)c1ccccc1. The topological polar surface area (TPSA) is 113 Å². The first-order valence-corrected chi connectivity index (χ1v) is 10.8. The van der Waals surface area contributed by atoms with Crippen molar-refractivity contribution >= 4 is 23.6 Å². The Kier molecular flexibility index (Phi) is 15.9. The van der Waals surface area contributed by atoms with E-state index in [1.165, 1.54) is 0 Å². The molecule has 0 aliphatic rings. The van der Waals surface area contributed by atoms with E-state index in [4.69, 9.17) is 19.7 Å². The number of carbonyl (C=O) groups is 3. The van der Waals surface area contributed by atoms with Gasteiger partial charge in [-0.2, -0.15) is 0 Å². The summed E-state index contributed by atoms with van der Waals surface area (Å²) in [6.45, 7) is 8.72.